The lowest BCUT2D eigenvalue weighted by molar-refractivity contribution is -0.0659. The van der Waals surface area contributed by atoms with Crippen molar-refractivity contribution in [3.8, 4) is 11.1 Å². The van der Waals surface area contributed by atoms with Gasteiger partial charge in [-0.2, -0.15) is 0 Å². The number of amides is 1. The van der Waals surface area contributed by atoms with Crippen LogP contribution in [-0.2, 0) is 26.7 Å². The average Bonchev–Trinajstić information content (AvgIpc) is 3.69. The van der Waals surface area contributed by atoms with Gasteiger partial charge in [-0.25, -0.2) is 8.42 Å². The standard InChI is InChI=1S/C30H31Cl2NO6S/c1-29(2,36)20-12-23(18-4-7-21(31)8-5-18)26-24(13-20)27(35)33(28(26)39-17-30(16-34)10-11-30)15-19-6-9-22(32)14-25(19)40(3,37)38/h4-9,12-14,28,34,36H,10-11,15-17H2,1-3H3/t28-/m1/s1/i16D2,17D2. The molecule has 40 heavy (non-hydrogen) atoms. The molecule has 212 valence electrons. The molecule has 2 N–H and O–H groups in total. The molecule has 1 aliphatic heterocycles. The van der Waals surface area contributed by atoms with Gasteiger partial charge in [-0.05, 0) is 85.3 Å². The molecule has 3 aromatic rings. The van der Waals surface area contributed by atoms with E-state index in [1.165, 1.54) is 24.3 Å². The van der Waals surface area contributed by atoms with Crippen LogP contribution in [0.5, 0.6) is 0 Å². The van der Waals surface area contributed by atoms with Crippen molar-refractivity contribution in [2.75, 3.05) is 19.4 Å². The Kier molecular flexibility index (Phi) is 6.30. The molecule has 7 nitrogen and oxygen atoms in total. The molecule has 0 unspecified atom stereocenters. The maximum Gasteiger partial charge on any atom is 0.256 e. The molecule has 1 aliphatic carbocycles. The minimum atomic E-state index is -3.81. The van der Waals surface area contributed by atoms with Crippen molar-refractivity contribution in [2.45, 2.75) is 50.0 Å². The van der Waals surface area contributed by atoms with E-state index in [-0.39, 0.29) is 46.0 Å². The summed E-state index contributed by atoms with van der Waals surface area (Å²) in [6.07, 6.45) is -0.497. The SMILES string of the molecule is [2H]C([2H])(O)C1(C([2H])([2H])O[C@@H]2c3c(cc(C(C)(C)O)cc3-c3ccc(Cl)cc3)C(=O)N2Cc2ccc(Cl)cc2S(C)(=O)=O)CC1. The number of nitrogens with zero attached hydrogens (tertiary/aromatic N) is 1. The molecule has 0 radical (unpaired) electrons. The number of ether oxygens (including phenoxy) is 1. The summed E-state index contributed by atoms with van der Waals surface area (Å²) in [7, 11) is -3.81. The van der Waals surface area contributed by atoms with E-state index in [0.29, 0.717) is 21.7 Å². The molecule has 1 atom stereocenters. The van der Waals surface area contributed by atoms with E-state index in [1.54, 1.807) is 44.2 Å². The fourth-order valence-electron chi connectivity index (χ4n) is 4.73. The van der Waals surface area contributed by atoms with Gasteiger partial charge in [0.05, 0.1) is 35.6 Å². The first-order valence-electron chi connectivity index (χ1n) is 14.5. The van der Waals surface area contributed by atoms with Crippen LogP contribution in [-0.4, -0.2) is 48.8 Å². The Balaban J connectivity index is 1.74. The molecule has 1 fully saturated rings. The zero-order valence-corrected chi connectivity index (χ0v) is 24.4. The first-order valence-corrected chi connectivity index (χ1v) is 15.2. The molecule has 0 spiro atoms. The van der Waals surface area contributed by atoms with E-state index >= 15 is 0 Å². The van der Waals surface area contributed by atoms with Crippen molar-refractivity contribution in [3.63, 3.8) is 0 Å². The number of rotatable bonds is 9. The molecular weight excluding hydrogens is 573 g/mol. The van der Waals surface area contributed by atoms with Gasteiger partial charge < -0.3 is 19.8 Å². The third kappa shape index (κ3) is 5.66. The van der Waals surface area contributed by atoms with E-state index in [1.807, 2.05) is 0 Å². The Morgan fingerprint density at radius 3 is 2.27 bits per heavy atom. The fraction of sp³-hybridized carbons (Fsp3) is 0.367. The van der Waals surface area contributed by atoms with Crippen LogP contribution in [0.1, 0.15) is 65.4 Å². The van der Waals surface area contributed by atoms with Gasteiger partial charge in [-0.3, -0.25) is 4.79 Å². The summed E-state index contributed by atoms with van der Waals surface area (Å²) in [6.45, 7) is -2.95. The summed E-state index contributed by atoms with van der Waals surface area (Å²) in [5.74, 6) is -0.631. The Morgan fingerprint density at radius 2 is 1.70 bits per heavy atom. The second kappa shape index (κ2) is 10.4. The first-order chi connectivity index (χ1) is 20.2. The summed E-state index contributed by atoms with van der Waals surface area (Å²) >= 11 is 12.2. The Morgan fingerprint density at radius 1 is 1.07 bits per heavy atom. The molecule has 0 saturated heterocycles. The van der Waals surface area contributed by atoms with Crippen LogP contribution in [0.4, 0.5) is 0 Å². The zero-order chi connectivity index (χ0) is 32.6. The van der Waals surface area contributed by atoms with Gasteiger partial charge in [0.25, 0.3) is 5.91 Å². The van der Waals surface area contributed by atoms with Crippen LogP contribution in [0, 0.1) is 5.41 Å². The van der Waals surface area contributed by atoms with E-state index < -0.39 is 46.1 Å². The van der Waals surface area contributed by atoms with Crippen molar-refractivity contribution in [2.24, 2.45) is 5.41 Å². The molecule has 1 saturated carbocycles. The molecule has 0 bridgehead atoms. The van der Waals surface area contributed by atoms with E-state index in [4.69, 9.17) is 33.4 Å². The number of halogens is 2. The van der Waals surface area contributed by atoms with Gasteiger partial charge in [0.2, 0.25) is 0 Å². The van der Waals surface area contributed by atoms with Crippen molar-refractivity contribution in [3.05, 3.63) is 86.9 Å². The quantitative estimate of drug-likeness (QED) is 0.322. The number of hydrogen-bond donors (Lipinski definition) is 2. The van der Waals surface area contributed by atoms with E-state index in [9.17, 15) is 23.4 Å². The van der Waals surface area contributed by atoms with Gasteiger partial charge >= 0.3 is 0 Å². The van der Waals surface area contributed by atoms with E-state index in [2.05, 4.69) is 0 Å². The molecule has 10 heteroatoms. The Labute approximate surface area is 249 Å². The van der Waals surface area contributed by atoms with Crippen LogP contribution in [0.15, 0.2) is 59.5 Å². The molecule has 3 aromatic carbocycles. The highest BCUT2D eigenvalue weighted by Crippen LogP contribution is 2.49. The number of hydrogen-bond acceptors (Lipinski definition) is 6. The zero-order valence-electron chi connectivity index (χ0n) is 26.0. The van der Waals surface area contributed by atoms with Gasteiger partial charge in [0.15, 0.2) is 16.1 Å². The maximum atomic E-state index is 14.2. The minimum absolute atomic E-state index is 0.00584. The Hall–Kier alpha value is -2.46. The Bertz CT molecular complexity index is 1750. The van der Waals surface area contributed by atoms with Crippen molar-refractivity contribution in [1.29, 1.82) is 0 Å². The number of benzene rings is 3. The van der Waals surface area contributed by atoms with Gasteiger partial charge in [-0.1, -0.05) is 41.4 Å². The molecule has 1 amide bonds. The van der Waals surface area contributed by atoms with Gasteiger partial charge in [0.1, 0.15) is 0 Å². The summed E-state index contributed by atoms with van der Waals surface area (Å²) in [6, 6.07) is 14.0. The summed E-state index contributed by atoms with van der Waals surface area (Å²) in [5, 5.41) is 21.9. The molecular formula is C30H31Cl2NO6S. The van der Waals surface area contributed by atoms with Crippen LogP contribution in [0.3, 0.4) is 0 Å². The summed E-state index contributed by atoms with van der Waals surface area (Å²) < 4.78 is 65.1. The van der Waals surface area contributed by atoms with Gasteiger partial charge in [-0.15, -0.1) is 0 Å². The van der Waals surface area contributed by atoms with E-state index in [0.717, 1.165) is 11.2 Å². The maximum absolute atomic E-state index is 14.2. The van der Waals surface area contributed by atoms with Crippen LogP contribution >= 0.6 is 23.2 Å². The molecule has 1 heterocycles. The monoisotopic (exact) mass is 607 g/mol. The average molecular weight is 609 g/mol. The molecule has 0 aromatic heterocycles. The fourth-order valence-corrected chi connectivity index (χ4v) is 6.04. The van der Waals surface area contributed by atoms with Crippen molar-refractivity contribution < 1.29 is 33.6 Å². The highest BCUT2D eigenvalue weighted by Gasteiger charge is 2.46. The number of carbonyl (C=O) groups excluding carboxylic acids is 1. The summed E-state index contributed by atoms with van der Waals surface area (Å²) in [4.78, 5) is 15.3. The number of aliphatic hydroxyl groups is 2. The number of fused-ring (bicyclic) bond motifs is 1. The topological polar surface area (TPSA) is 104 Å². The predicted octanol–water partition coefficient (Wildman–Crippen LogP) is 5.74. The second-order valence-corrected chi connectivity index (χ2v) is 13.6. The second-order valence-electron chi connectivity index (χ2n) is 10.8. The smallest absolute Gasteiger partial charge is 0.256 e. The van der Waals surface area contributed by atoms with Crippen LogP contribution < -0.4 is 0 Å². The predicted molar refractivity (Wildman–Crippen MR) is 154 cm³/mol. The van der Waals surface area contributed by atoms with Crippen molar-refractivity contribution in [1.82, 2.24) is 4.90 Å². The minimum Gasteiger partial charge on any atom is -0.396 e. The first kappa shape index (κ1) is 24.2. The van der Waals surface area contributed by atoms with Crippen molar-refractivity contribution >= 4 is 38.9 Å². The third-order valence-corrected chi connectivity index (χ3v) is 8.83. The third-order valence-electron chi connectivity index (χ3n) is 7.16. The van der Waals surface area contributed by atoms with Crippen LogP contribution in [0.2, 0.25) is 10.0 Å². The summed E-state index contributed by atoms with van der Waals surface area (Å²) in [5.41, 5.74) is -1.40. The lowest BCUT2D eigenvalue weighted by Crippen LogP contribution is -2.31. The number of carbonyl (C=O) groups is 1. The molecule has 5 rings (SSSR count). The molecule has 2 aliphatic rings. The lowest BCUT2D eigenvalue weighted by Gasteiger charge is -2.29. The highest BCUT2D eigenvalue weighted by atomic mass is 35.5. The van der Waals surface area contributed by atoms with Crippen LogP contribution in [0.25, 0.3) is 11.1 Å². The normalized spacial score (nSPS) is 20.4. The number of sulfone groups is 1. The largest absolute Gasteiger partial charge is 0.396 e. The van der Waals surface area contributed by atoms with Gasteiger partial charge in [0, 0.05) is 32.8 Å². The lowest BCUT2D eigenvalue weighted by atomic mass is 9.88. The highest BCUT2D eigenvalue weighted by molar-refractivity contribution is 7.90.